The maximum absolute atomic E-state index is 4.09. The number of rotatable bonds is 10. The first-order chi connectivity index (χ1) is 27.1. The van der Waals surface area contributed by atoms with Gasteiger partial charge in [-0.25, -0.2) is 0 Å². The number of hydrogen-bond acceptors (Lipinski definition) is 8. The highest BCUT2D eigenvalue weighted by atomic mass is 15.1. The minimum Gasteiger partial charge on any atom is -0.314 e. The zero-order valence-corrected chi connectivity index (χ0v) is 33.0. The van der Waals surface area contributed by atoms with Gasteiger partial charge in [0.2, 0.25) is 0 Å². The lowest BCUT2D eigenvalue weighted by Gasteiger charge is -2.26. The average Bonchev–Trinajstić information content (AvgIpc) is 4.00. The molecule has 0 aliphatic carbocycles. The van der Waals surface area contributed by atoms with E-state index >= 15 is 0 Å². The molecule has 8 heteroatoms. The Morgan fingerprint density at radius 1 is 0.600 bits per heavy atom. The van der Waals surface area contributed by atoms with E-state index in [1.807, 2.05) is 55.2 Å². The lowest BCUT2D eigenvalue weighted by Crippen LogP contribution is -2.42. The second kappa shape index (κ2) is 24.7. The van der Waals surface area contributed by atoms with E-state index in [2.05, 4.69) is 127 Å². The van der Waals surface area contributed by atoms with E-state index in [0.29, 0.717) is 12.1 Å². The third-order valence-corrected chi connectivity index (χ3v) is 10.4. The fourth-order valence-electron chi connectivity index (χ4n) is 6.93. The van der Waals surface area contributed by atoms with Crippen LogP contribution < -0.4 is 10.6 Å². The van der Waals surface area contributed by atoms with Crippen LogP contribution >= 0.6 is 0 Å². The summed E-state index contributed by atoms with van der Waals surface area (Å²) in [6.07, 6.45) is 42.5. The zero-order valence-electron chi connectivity index (χ0n) is 33.0. The Balaban J connectivity index is 0.000000141. The van der Waals surface area contributed by atoms with Crippen LogP contribution in [0.25, 0.3) is 24.3 Å². The summed E-state index contributed by atoms with van der Waals surface area (Å²) in [5.74, 6) is 0.722. The van der Waals surface area contributed by atoms with Crippen molar-refractivity contribution in [1.29, 1.82) is 0 Å². The van der Waals surface area contributed by atoms with Crippen LogP contribution in [0.15, 0.2) is 122 Å². The Bertz CT molecular complexity index is 1680. The molecule has 0 amide bonds. The van der Waals surface area contributed by atoms with Crippen molar-refractivity contribution in [1.82, 2.24) is 40.4 Å². The van der Waals surface area contributed by atoms with Gasteiger partial charge in [-0.2, -0.15) is 0 Å². The highest BCUT2D eigenvalue weighted by molar-refractivity contribution is 5.49. The normalized spacial score (nSPS) is 22.6. The van der Waals surface area contributed by atoms with Crippen LogP contribution in [0.1, 0.15) is 73.6 Å². The van der Waals surface area contributed by atoms with Gasteiger partial charge >= 0.3 is 0 Å². The summed E-state index contributed by atoms with van der Waals surface area (Å²) >= 11 is 0. The van der Waals surface area contributed by atoms with Crippen LogP contribution in [-0.4, -0.2) is 94.7 Å². The number of likely N-dealkylation sites (tertiary alicyclic amines) is 2. The molecule has 4 fully saturated rings. The summed E-state index contributed by atoms with van der Waals surface area (Å²) in [5, 5.41) is 6.78. The minimum absolute atomic E-state index is 0.570. The molecule has 290 valence electrons. The van der Waals surface area contributed by atoms with Gasteiger partial charge in [0.15, 0.2) is 0 Å². The van der Waals surface area contributed by atoms with Gasteiger partial charge in [0.25, 0.3) is 0 Å². The Morgan fingerprint density at radius 2 is 1.16 bits per heavy atom. The van der Waals surface area contributed by atoms with Crippen molar-refractivity contribution in [2.24, 2.45) is 5.92 Å². The van der Waals surface area contributed by atoms with E-state index in [9.17, 15) is 0 Å². The van der Waals surface area contributed by atoms with Crippen LogP contribution in [0.4, 0.5) is 0 Å². The van der Waals surface area contributed by atoms with Crippen LogP contribution in [0.5, 0.6) is 0 Å². The quantitative estimate of drug-likeness (QED) is 0.168. The highest BCUT2D eigenvalue weighted by Gasteiger charge is 2.19. The molecule has 8 heterocycles. The van der Waals surface area contributed by atoms with Crippen molar-refractivity contribution in [3.63, 3.8) is 0 Å². The number of pyridine rings is 4. The van der Waals surface area contributed by atoms with Gasteiger partial charge in [-0.15, -0.1) is 0 Å². The lowest BCUT2D eigenvalue weighted by atomic mass is 10.0. The molecule has 8 rings (SSSR count). The molecule has 0 saturated carbocycles. The standard InChI is InChI=1S/C13H18N2.C12H16N2.2C11H14N2/c1-15-10-4-8-13(15)7-2-5-12-6-3-9-14-11-12;1-14-8-6-12(10-14)5-4-11-3-2-7-13-9-11;1-3-10(9-12-7-1)5-6-11-4-2-8-13-11;1(5-11-6-8-13-11)3-10-4-2-7-12-9-10/h2-3,5-6,9,11,13H,4,7-8,10H2,1H3;2-5,7,9,12H,6,8,10H2,1H3;1,3,5-7,9,11,13H,2,4,8H2;1-4,7,9,11,13H,5-6,8H2. The second-order valence-corrected chi connectivity index (χ2v) is 14.9. The predicted octanol–water partition coefficient (Wildman–Crippen LogP) is 8.32. The predicted molar refractivity (Wildman–Crippen MR) is 231 cm³/mol. The van der Waals surface area contributed by atoms with Gasteiger partial charge in [-0.3, -0.25) is 19.9 Å². The molecule has 4 aliphatic heterocycles. The first-order valence-corrected chi connectivity index (χ1v) is 20.3. The number of aromatic nitrogens is 4. The first-order valence-electron chi connectivity index (χ1n) is 20.3. The zero-order chi connectivity index (χ0) is 38.2. The average molecular weight is 739 g/mol. The van der Waals surface area contributed by atoms with Crippen molar-refractivity contribution in [3.05, 3.63) is 145 Å². The fourth-order valence-corrected chi connectivity index (χ4v) is 6.93. The van der Waals surface area contributed by atoms with E-state index in [4.69, 9.17) is 0 Å². The Kier molecular flexibility index (Phi) is 18.7. The molecule has 4 saturated heterocycles. The van der Waals surface area contributed by atoms with Crippen molar-refractivity contribution >= 4 is 24.3 Å². The summed E-state index contributed by atoms with van der Waals surface area (Å²) in [5.41, 5.74) is 4.75. The molecule has 0 radical (unpaired) electrons. The summed E-state index contributed by atoms with van der Waals surface area (Å²) < 4.78 is 0. The molecule has 4 aromatic rings. The Morgan fingerprint density at radius 3 is 1.60 bits per heavy atom. The van der Waals surface area contributed by atoms with Gasteiger partial charge in [-0.05, 0) is 144 Å². The smallest absolute Gasteiger partial charge is 0.0340 e. The molecule has 0 spiro atoms. The van der Waals surface area contributed by atoms with Crippen molar-refractivity contribution in [2.45, 2.75) is 69.5 Å². The Hall–Kier alpha value is -4.60. The van der Waals surface area contributed by atoms with Crippen LogP contribution in [0.2, 0.25) is 0 Å². The molecule has 0 bridgehead atoms. The maximum Gasteiger partial charge on any atom is 0.0340 e. The minimum atomic E-state index is 0.570. The van der Waals surface area contributed by atoms with Crippen molar-refractivity contribution < 1.29 is 0 Å². The van der Waals surface area contributed by atoms with E-state index in [0.717, 1.165) is 31.3 Å². The molecule has 4 aromatic heterocycles. The molecule has 4 atom stereocenters. The number of hydrogen-bond donors (Lipinski definition) is 2. The third-order valence-electron chi connectivity index (χ3n) is 10.4. The molecule has 4 aliphatic rings. The molecule has 8 nitrogen and oxygen atoms in total. The van der Waals surface area contributed by atoms with E-state index in [1.54, 1.807) is 18.6 Å². The van der Waals surface area contributed by atoms with Crippen molar-refractivity contribution in [3.8, 4) is 0 Å². The molecule has 55 heavy (non-hydrogen) atoms. The summed E-state index contributed by atoms with van der Waals surface area (Å²) in [6.45, 7) is 6.01. The van der Waals surface area contributed by atoms with Crippen LogP contribution in [0, 0.1) is 5.92 Å². The second-order valence-electron chi connectivity index (χ2n) is 14.9. The van der Waals surface area contributed by atoms with Gasteiger partial charge in [-0.1, -0.05) is 72.9 Å². The largest absolute Gasteiger partial charge is 0.314 e. The van der Waals surface area contributed by atoms with E-state index in [1.165, 1.54) is 87.0 Å². The SMILES string of the molecule is C(=CC1CCCN1)c1cccnc1.C(=Cc1cccnc1)CC1CCN1.CN1CCC(C=Cc2cccnc2)C1.CN1CCCC1CC=Cc1cccnc1. The monoisotopic (exact) mass is 739 g/mol. The van der Waals surface area contributed by atoms with Gasteiger partial charge in [0.1, 0.15) is 0 Å². The fraction of sp³-hybridized carbons (Fsp3) is 0.404. The van der Waals surface area contributed by atoms with E-state index in [-0.39, 0.29) is 0 Å². The lowest BCUT2D eigenvalue weighted by molar-refractivity contribution is 0.313. The Labute approximate surface area is 330 Å². The van der Waals surface area contributed by atoms with E-state index < -0.39 is 0 Å². The topological polar surface area (TPSA) is 82.1 Å². The number of nitrogens with zero attached hydrogens (tertiary/aromatic N) is 6. The molecular formula is C47H62N8. The first kappa shape index (κ1) is 41.6. The van der Waals surface area contributed by atoms with Crippen molar-refractivity contribution in [2.75, 3.05) is 46.8 Å². The summed E-state index contributed by atoms with van der Waals surface area (Å²) in [6, 6.07) is 18.2. The summed E-state index contributed by atoms with van der Waals surface area (Å²) in [7, 11) is 4.40. The number of nitrogens with one attached hydrogen (secondary N) is 2. The highest BCUT2D eigenvalue weighted by Crippen LogP contribution is 2.19. The van der Waals surface area contributed by atoms with Gasteiger partial charge in [0.05, 0.1) is 0 Å². The van der Waals surface area contributed by atoms with Crippen LogP contribution in [-0.2, 0) is 0 Å². The third kappa shape index (κ3) is 16.8. The molecule has 2 N–H and O–H groups in total. The summed E-state index contributed by atoms with van der Waals surface area (Å²) in [4.78, 5) is 21.1. The van der Waals surface area contributed by atoms with Crippen LogP contribution in [0.3, 0.4) is 0 Å². The van der Waals surface area contributed by atoms with Gasteiger partial charge < -0.3 is 20.4 Å². The maximum atomic E-state index is 4.09. The molecule has 0 aromatic carbocycles. The van der Waals surface area contributed by atoms with Gasteiger partial charge in [0, 0.05) is 74.2 Å². The molecular weight excluding hydrogens is 677 g/mol. The molecule has 4 unspecified atom stereocenters.